The number of nitrogens with two attached hydrogens (primary N) is 1. The summed E-state index contributed by atoms with van der Waals surface area (Å²) >= 11 is 0. The molecule has 0 fully saturated rings. The maximum absolute atomic E-state index is 13.2. The van der Waals surface area contributed by atoms with Crippen LogP contribution in [0.15, 0.2) is 24.3 Å². The van der Waals surface area contributed by atoms with Crippen molar-refractivity contribution >= 4 is 6.08 Å². The average molecular weight is 235 g/mol. The van der Waals surface area contributed by atoms with Gasteiger partial charge in [-0.1, -0.05) is 12.2 Å². The van der Waals surface area contributed by atoms with Gasteiger partial charge in [-0.15, -0.1) is 13.2 Å². The summed E-state index contributed by atoms with van der Waals surface area (Å²) in [7, 11) is 0. The number of hydrogen-bond acceptors (Lipinski definition) is 2. The first-order valence-electron chi connectivity index (χ1n) is 4.34. The lowest BCUT2D eigenvalue weighted by atomic mass is 10.2. The van der Waals surface area contributed by atoms with E-state index in [1.54, 1.807) is 0 Å². The minimum atomic E-state index is -4.82. The van der Waals surface area contributed by atoms with Crippen molar-refractivity contribution < 1.29 is 22.3 Å². The molecule has 16 heavy (non-hydrogen) atoms. The molecular formula is C10H9F4NO. The second kappa shape index (κ2) is 4.98. The normalized spacial score (nSPS) is 12.1. The largest absolute Gasteiger partial charge is 0.573 e. The van der Waals surface area contributed by atoms with Gasteiger partial charge in [-0.2, -0.15) is 0 Å². The van der Waals surface area contributed by atoms with Gasteiger partial charge in [-0.3, -0.25) is 0 Å². The SMILES string of the molecule is NCC=Cc1ccc(OC(F)(F)F)cc1F. The number of halogens is 4. The number of benzene rings is 1. The highest BCUT2D eigenvalue weighted by Gasteiger charge is 2.31. The Bertz CT molecular complexity index is 387. The van der Waals surface area contributed by atoms with Crippen LogP contribution >= 0.6 is 0 Å². The fourth-order valence-corrected chi connectivity index (χ4v) is 1.04. The molecule has 88 valence electrons. The molecule has 0 aliphatic carbocycles. The zero-order valence-corrected chi connectivity index (χ0v) is 8.09. The molecular weight excluding hydrogens is 226 g/mol. The van der Waals surface area contributed by atoms with E-state index in [9.17, 15) is 17.6 Å². The van der Waals surface area contributed by atoms with E-state index >= 15 is 0 Å². The van der Waals surface area contributed by atoms with Crippen LogP contribution in [0.2, 0.25) is 0 Å². The van der Waals surface area contributed by atoms with Crippen molar-refractivity contribution in [2.45, 2.75) is 6.36 Å². The predicted molar refractivity (Wildman–Crippen MR) is 51.2 cm³/mol. The standard InChI is InChI=1S/C10H9F4NO/c11-9-6-8(16-10(12,13)14)4-3-7(9)2-1-5-15/h1-4,6H,5,15H2. The van der Waals surface area contributed by atoms with Crippen LogP contribution < -0.4 is 10.5 Å². The van der Waals surface area contributed by atoms with Gasteiger partial charge in [0.25, 0.3) is 0 Å². The van der Waals surface area contributed by atoms with Gasteiger partial charge in [0.15, 0.2) is 0 Å². The molecule has 0 aliphatic heterocycles. The smallest absolute Gasteiger partial charge is 0.406 e. The first-order valence-corrected chi connectivity index (χ1v) is 4.34. The lowest BCUT2D eigenvalue weighted by Crippen LogP contribution is -2.17. The summed E-state index contributed by atoms with van der Waals surface area (Å²) in [6, 6.07) is 2.89. The van der Waals surface area contributed by atoms with Crippen LogP contribution in [0.3, 0.4) is 0 Å². The molecule has 0 saturated heterocycles. The average Bonchev–Trinajstić information content (AvgIpc) is 2.14. The lowest BCUT2D eigenvalue weighted by molar-refractivity contribution is -0.274. The fourth-order valence-electron chi connectivity index (χ4n) is 1.04. The number of hydrogen-bond donors (Lipinski definition) is 1. The molecule has 1 aromatic rings. The van der Waals surface area contributed by atoms with Gasteiger partial charge in [0.2, 0.25) is 0 Å². The number of ether oxygens (including phenoxy) is 1. The summed E-state index contributed by atoms with van der Waals surface area (Å²) in [6.45, 7) is 0.222. The highest BCUT2D eigenvalue weighted by atomic mass is 19.4. The topological polar surface area (TPSA) is 35.2 Å². The summed E-state index contributed by atoms with van der Waals surface area (Å²) in [4.78, 5) is 0. The van der Waals surface area contributed by atoms with Gasteiger partial charge in [0.05, 0.1) is 0 Å². The Morgan fingerprint density at radius 3 is 2.50 bits per heavy atom. The minimum Gasteiger partial charge on any atom is -0.406 e. The third-order valence-corrected chi connectivity index (χ3v) is 1.64. The van der Waals surface area contributed by atoms with Gasteiger partial charge in [0.1, 0.15) is 11.6 Å². The summed E-state index contributed by atoms with van der Waals surface area (Å²) in [5, 5.41) is 0. The van der Waals surface area contributed by atoms with E-state index < -0.39 is 17.9 Å². The molecule has 0 spiro atoms. The van der Waals surface area contributed by atoms with Crippen molar-refractivity contribution in [3.05, 3.63) is 35.7 Å². The molecule has 0 atom stereocenters. The van der Waals surface area contributed by atoms with E-state index in [4.69, 9.17) is 5.73 Å². The van der Waals surface area contributed by atoms with E-state index in [1.165, 1.54) is 18.2 Å². The Balaban J connectivity index is 2.87. The van der Waals surface area contributed by atoms with E-state index in [0.717, 1.165) is 6.07 Å². The molecule has 0 heterocycles. The third kappa shape index (κ3) is 3.90. The summed E-state index contributed by atoms with van der Waals surface area (Å²) in [5.41, 5.74) is 5.31. The predicted octanol–water partition coefficient (Wildman–Crippen LogP) is 2.70. The second-order valence-corrected chi connectivity index (χ2v) is 2.87. The molecule has 2 N–H and O–H groups in total. The Morgan fingerprint density at radius 2 is 2.00 bits per heavy atom. The highest BCUT2D eigenvalue weighted by Crippen LogP contribution is 2.24. The number of rotatable bonds is 3. The van der Waals surface area contributed by atoms with Gasteiger partial charge in [-0.25, -0.2) is 4.39 Å². The highest BCUT2D eigenvalue weighted by molar-refractivity contribution is 5.51. The molecule has 0 unspecified atom stereocenters. The molecule has 0 aliphatic rings. The van der Waals surface area contributed by atoms with Crippen LogP contribution in [-0.4, -0.2) is 12.9 Å². The summed E-state index contributed by atoms with van der Waals surface area (Å²) in [6.07, 6.45) is -1.95. The zero-order valence-electron chi connectivity index (χ0n) is 8.09. The van der Waals surface area contributed by atoms with Crippen molar-refractivity contribution in [3.63, 3.8) is 0 Å². The van der Waals surface area contributed by atoms with Gasteiger partial charge in [0, 0.05) is 18.2 Å². The van der Waals surface area contributed by atoms with Crippen molar-refractivity contribution in [1.29, 1.82) is 0 Å². The quantitative estimate of drug-likeness (QED) is 0.817. The van der Waals surface area contributed by atoms with Crippen LogP contribution in [0.25, 0.3) is 6.08 Å². The second-order valence-electron chi connectivity index (χ2n) is 2.87. The first-order chi connectivity index (χ1) is 7.42. The molecule has 0 saturated carbocycles. The Hall–Kier alpha value is -1.56. The Labute approximate surface area is 89.3 Å². The molecule has 1 rings (SSSR count). The van der Waals surface area contributed by atoms with Crippen LogP contribution in [0.5, 0.6) is 5.75 Å². The fraction of sp³-hybridized carbons (Fsp3) is 0.200. The minimum absolute atomic E-state index is 0.153. The van der Waals surface area contributed by atoms with Gasteiger partial charge < -0.3 is 10.5 Å². The van der Waals surface area contributed by atoms with Gasteiger partial charge in [-0.05, 0) is 12.1 Å². The van der Waals surface area contributed by atoms with Crippen LogP contribution in [0.4, 0.5) is 17.6 Å². The van der Waals surface area contributed by atoms with E-state index in [2.05, 4.69) is 4.74 Å². The number of alkyl halides is 3. The summed E-state index contributed by atoms with van der Waals surface area (Å²) in [5.74, 6) is -1.39. The Morgan fingerprint density at radius 1 is 1.31 bits per heavy atom. The van der Waals surface area contributed by atoms with E-state index in [0.29, 0.717) is 6.07 Å². The van der Waals surface area contributed by atoms with E-state index in [-0.39, 0.29) is 12.1 Å². The molecule has 0 amide bonds. The van der Waals surface area contributed by atoms with Crippen molar-refractivity contribution in [1.82, 2.24) is 0 Å². The van der Waals surface area contributed by atoms with Crippen molar-refractivity contribution in [2.75, 3.05) is 6.54 Å². The maximum atomic E-state index is 13.2. The summed E-state index contributed by atoms with van der Waals surface area (Å²) < 4.78 is 52.2. The van der Waals surface area contributed by atoms with Crippen LogP contribution in [0.1, 0.15) is 5.56 Å². The maximum Gasteiger partial charge on any atom is 0.573 e. The lowest BCUT2D eigenvalue weighted by Gasteiger charge is -2.09. The molecule has 2 nitrogen and oxygen atoms in total. The molecule has 0 aromatic heterocycles. The first kappa shape index (κ1) is 12.5. The molecule has 0 radical (unpaired) electrons. The monoisotopic (exact) mass is 235 g/mol. The van der Waals surface area contributed by atoms with Crippen LogP contribution in [-0.2, 0) is 0 Å². The zero-order chi connectivity index (χ0) is 12.2. The van der Waals surface area contributed by atoms with Gasteiger partial charge >= 0.3 is 6.36 Å². The van der Waals surface area contributed by atoms with Crippen LogP contribution in [0, 0.1) is 5.82 Å². The van der Waals surface area contributed by atoms with Crippen molar-refractivity contribution in [3.8, 4) is 5.75 Å². The third-order valence-electron chi connectivity index (χ3n) is 1.64. The van der Waals surface area contributed by atoms with Crippen molar-refractivity contribution in [2.24, 2.45) is 5.73 Å². The molecule has 6 heteroatoms. The molecule has 1 aromatic carbocycles. The van der Waals surface area contributed by atoms with E-state index in [1.807, 2.05) is 0 Å². The molecule has 0 bridgehead atoms. The Kier molecular flexibility index (Phi) is 3.89.